The molecular weight excluding hydrogens is 270 g/mol. The van der Waals surface area contributed by atoms with Crippen LogP contribution in [0.5, 0.6) is 0 Å². The number of esters is 1. The lowest BCUT2D eigenvalue weighted by molar-refractivity contribution is -0.144. The van der Waals surface area contributed by atoms with Crippen LogP contribution in [-0.4, -0.2) is 31.6 Å². The molecule has 1 aromatic carbocycles. The van der Waals surface area contributed by atoms with Crippen molar-refractivity contribution in [1.29, 1.82) is 0 Å². The van der Waals surface area contributed by atoms with Crippen LogP contribution in [0.4, 0.5) is 8.78 Å². The summed E-state index contributed by atoms with van der Waals surface area (Å²) in [5, 5.41) is 5.29. The number of carbonyl (C=O) groups excluding carboxylic acids is 2. The predicted octanol–water partition coefficient (Wildman–Crippen LogP) is 0.732. The summed E-state index contributed by atoms with van der Waals surface area (Å²) in [6.45, 7) is 1.63. The molecule has 0 aliphatic rings. The third-order valence-electron chi connectivity index (χ3n) is 2.52. The monoisotopic (exact) mass is 286 g/mol. The zero-order valence-electron chi connectivity index (χ0n) is 11.2. The molecule has 0 bridgehead atoms. The second-order valence-corrected chi connectivity index (χ2v) is 4.16. The van der Waals surface area contributed by atoms with Crippen LogP contribution in [0.25, 0.3) is 0 Å². The molecule has 0 heterocycles. The molecule has 20 heavy (non-hydrogen) atoms. The van der Waals surface area contributed by atoms with E-state index in [1.54, 1.807) is 0 Å². The summed E-state index contributed by atoms with van der Waals surface area (Å²) >= 11 is 0. The summed E-state index contributed by atoms with van der Waals surface area (Å²) in [6, 6.07) is 2.69. The Morgan fingerprint density at radius 2 is 2.00 bits per heavy atom. The highest BCUT2D eigenvalue weighted by atomic mass is 19.2. The molecule has 0 aliphatic heterocycles. The molecule has 5 nitrogen and oxygen atoms in total. The second-order valence-electron chi connectivity index (χ2n) is 4.16. The molecule has 1 rings (SSSR count). The number of carbonyl (C=O) groups is 2. The summed E-state index contributed by atoms with van der Waals surface area (Å²) in [7, 11) is 1.21. The number of hydrogen-bond acceptors (Lipinski definition) is 4. The van der Waals surface area contributed by atoms with Gasteiger partial charge in [0.1, 0.15) is 6.04 Å². The van der Waals surface area contributed by atoms with E-state index >= 15 is 0 Å². The number of methoxy groups -OCH3 is 1. The molecule has 0 aromatic heterocycles. The lowest BCUT2D eigenvalue weighted by atomic mass is 10.2. The minimum Gasteiger partial charge on any atom is -0.467 e. The van der Waals surface area contributed by atoms with Crippen molar-refractivity contribution in [3.8, 4) is 0 Å². The Morgan fingerprint density at radius 3 is 2.55 bits per heavy atom. The average Bonchev–Trinajstić information content (AvgIpc) is 2.40. The fraction of sp³-hybridized carbons (Fsp3) is 0.385. The SMILES string of the molecule is COC(=O)C(CNCc1ccc(F)c(F)c1)NC(C)=O. The summed E-state index contributed by atoms with van der Waals surface area (Å²) in [6.07, 6.45) is 0. The largest absolute Gasteiger partial charge is 0.467 e. The van der Waals surface area contributed by atoms with Gasteiger partial charge in [0.2, 0.25) is 5.91 Å². The van der Waals surface area contributed by atoms with Crippen molar-refractivity contribution in [1.82, 2.24) is 10.6 Å². The molecular formula is C13H16F2N2O3. The van der Waals surface area contributed by atoms with Crippen molar-refractivity contribution in [3.63, 3.8) is 0 Å². The van der Waals surface area contributed by atoms with Gasteiger partial charge < -0.3 is 15.4 Å². The summed E-state index contributed by atoms with van der Waals surface area (Å²) in [4.78, 5) is 22.4. The number of rotatable bonds is 6. The van der Waals surface area contributed by atoms with E-state index in [1.165, 1.54) is 20.1 Å². The minimum absolute atomic E-state index is 0.116. The van der Waals surface area contributed by atoms with Crippen LogP contribution < -0.4 is 10.6 Å². The van der Waals surface area contributed by atoms with E-state index in [0.29, 0.717) is 5.56 Å². The Hall–Kier alpha value is -2.02. The quantitative estimate of drug-likeness (QED) is 0.757. The van der Waals surface area contributed by atoms with Crippen LogP contribution >= 0.6 is 0 Å². The smallest absolute Gasteiger partial charge is 0.329 e. The van der Waals surface area contributed by atoms with Gasteiger partial charge in [0.25, 0.3) is 0 Å². The first-order valence-corrected chi connectivity index (χ1v) is 5.93. The van der Waals surface area contributed by atoms with Crippen molar-refractivity contribution in [2.24, 2.45) is 0 Å². The van der Waals surface area contributed by atoms with E-state index in [9.17, 15) is 18.4 Å². The number of halogens is 2. The molecule has 7 heteroatoms. The second kappa shape index (κ2) is 7.54. The van der Waals surface area contributed by atoms with Crippen molar-refractivity contribution >= 4 is 11.9 Å². The number of benzene rings is 1. The summed E-state index contributed by atoms with van der Waals surface area (Å²) in [5.41, 5.74) is 0.523. The van der Waals surface area contributed by atoms with Gasteiger partial charge in [-0.2, -0.15) is 0 Å². The molecule has 0 saturated carbocycles. The average molecular weight is 286 g/mol. The van der Waals surface area contributed by atoms with Crippen LogP contribution in [0, 0.1) is 11.6 Å². The Morgan fingerprint density at radius 1 is 1.30 bits per heavy atom. The number of nitrogens with one attached hydrogen (secondary N) is 2. The van der Waals surface area contributed by atoms with Crippen molar-refractivity contribution < 1.29 is 23.1 Å². The fourth-order valence-electron chi connectivity index (χ4n) is 1.59. The highest BCUT2D eigenvalue weighted by Crippen LogP contribution is 2.08. The molecule has 2 N–H and O–H groups in total. The molecule has 0 fully saturated rings. The van der Waals surface area contributed by atoms with Crippen molar-refractivity contribution in [3.05, 3.63) is 35.4 Å². The Bertz CT molecular complexity index is 495. The van der Waals surface area contributed by atoms with E-state index in [-0.39, 0.29) is 19.0 Å². The number of amides is 1. The topological polar surface area (TPSA) is 67.4 Å². The van der Waals surface area contributed by atoms with Crippen LogP contribution in [-0.2, 0) is 20.9 Å². The highest BCUT2D eigenvalue weighted by molar-refractivity contribution is 5.83. The van der Waals surface area contributed by atoms with Gasteiger partial charge in [-0.1, -0.05) is 6.07 Å². The fourth-order valence-corrected chi connectivity index (χ4v) is 1.59. The van der Waals surface area contributed by atoms with Gasteiger partial charge in [0, 0.05) is 20.0 Å². The predicted molar refractivity (Wildman–Crippen MR) is 67.7 cm³/mol. The summed E-state index contributed by atoms with van der Waals surface area (Å²) in [5.74, 6) is -2.80. The Kier molecular flexibility index (Phi) is 6.05. The first kappa shape index (κ1) is 16.0. The van der Waals surface area contributed by atoms with E-state index < -0.39 is 23.6 Å². The third kappa shape index (κ3) is 4.93. The van der Waals surface area contributed by atoms with Gasteiger partial charge in [0.05, 0.1) is 7.11 Å². The number of ether oxygens (including phenoxy) is 1. The maximum Gasteiger partial charge on any atom is 0.329 e. The van der Waals surface area contributed by atoms with Crippen LogP contribution in [0.3, 0.4) is 0 Å². The molecule has 0 radical (unpaired) electrons. The van der Waals surface area contributed by atoms with E-state index in [1.807, 2.05) is 0 Å². The standard InChI is InChI=1S/C13H16F2N2O3/c1-8(18)17-12(13(19)20-2)7-16-6-9-3-4-10(14)11(15)5-9/h3-5,12,16H,6-7H2,1-2H3,(H,17,18). The van der Waals surface area contributed by atoms with Crippen LogP contribution in [0.2, 0.25) is 0 Å². The van der Waals surface area contributed by atoms with Crippen LogP contribution in [0.15, 0.2) is 18.2 Å². The summed E-state index contributed by atoms with van der Waals surface area (Å²) < 4.78 is 30.3. The van der Waals surface area contributed by atoms with E-state index in [2.05, 4.69) is 15.4 Å². The zero-order valence-corrected chi connectivity index (χ0v) is 11.2. The maximum atomic E-state index is 13.0. The molecule has 1 unspecified atom stereocenters. The van der Waals surface area contributed by atoms with E-state index in [0.717, 1.165) is 12.1 Å². The first-order chi connectivity index (χ1) is 9.43. The molecule has 0 aliphatic carbocycles. The van der Waals surface area contributed by atoms with Crippen molar-refractivity contribution in [2.75, 3.05) is 13.7 Å². The third-order valence-corrected chi connectivity index (χ3v) is 2.52. The van der Waals surface area contributed by atoms with Gasteiger partial charge in [-0.05, 0) is 17.7 Å². The molecule has 0 saturated heterocycles. The molecule has 1 aromatic rings. The normalized spacial score (nSPS) is 11.8. The van der Waals surface area contributed by atoms with Gasteiger partial charge in [-0.3, -0.25) is 4.79 Å². The maximum absolute atomic E-state index is 13.0. The lowest BCUT2D eigenvalue weighted by Crippen LogP contribution is -2.46. The minimum atomic E-state index is -0.935. The zero-order chi connectivity index (χ0) is 15.1. The molecule has 0 spiro atoms. The van der Waals surface area contributed by atoms with Gasteiger partial charge >= 0.3 is 5.97 Å². The Labute approximate surface area is 115 Å². The number of hydrogen-bond donors (Lipinski definition) is 2. The molecule has 1 amide bonds. The van der Waals surface area contributed by atoms with Gasteiger partial charge in [0.15, 0.2) is 11.6 Å². The molecule has 110 valence electrons. The van der Waals surface area contributed by atoms with E-state index in [4.69, 9.17) is 0 Å². The lowest BCUT2D eigenvalue weighted by Gasteiger charge is -2.16. The molecule has 1 atom stereocenters. The Balaban J connectivity index is 2.53. The van der Waals surface area contributed by atoms with Crippen LogP contribution in [0.1, 0.15) is 12.5 Å². The first-order valence-electron chi connectivity index (χ1n) is 5.93. The van der Waals surface area contributed by atoms with Crippen molar-refractivity contribution in [2.45, 2.75) is 19.5 Å². The van der Waals surface area contributed by atoms with Gasteiger partial charge in [-0.15, -0.1) is 0 Å². The highest BCUT2D eigenvalue weighted by Gasteiger charge is 2.19. The van der Waals surface area contributed by atoms with Gasteiger partial charge in [-0.25, -0.2) is 13.6 Å².